The number of ether oxygens (including phenoxy) is 1. The molecule has 0 aliphatic carbocycles. The quantitative estimate of drug-likeness (QED) is 0.695. The van der Waals surface area contributed by atoms with Crippen molar-refractivity contribution in [3.8, 4) is 17.3 Å². The van der Waals surface area contributed by atoms with E-state index in [-0.39, 0.29) is 17.3 Å². The smallest absolute Gasteiger partial charge is 0.276 e. The highest BCUT2D eigenvalue weighted by Gasteiger charge is 2.14. The van der Waals surface area contributed by atoms with Crippen LogP contribution in [-0.2, 0) is 4.79 Å². The van der Waals surface area contributed by atoms with Crippen molar-refractivity contribution in [3.63, 3.8) is 0 Å². The molecule has 2 N–H and O–H groups in total. The van der Waals surface area contributed by atoms with Gasteiger partial charge in [0.05, 0.1) is 6.26 Å². The number of hydrogen-bond donors (Lipinski definition) is 2. The van der Waals surface area contributed by atoms with Gasteiger partial charge in [-0.1, -0.05) is 17.7 Å². The second-order valence-electron chi connectivity index (χ2n) is 5.26. The zero-order valence-corrected chi connectivity index (χ0v) is 14.0. The van der Waals surface area contributed by atoms with Gasteiger partial charge in [0.1, 0.15) is 5.75 Å². The van der Waals surface area contributed by atoms with Crippen molar-refractivity contribution in [1.29, 1.82) is 0 Å². The Morgan fingerprint density at radius 1 is 1.42 bits per heavy atom. The second kappa shape index (κ2) is 6.71. The maximum atomic E-state index is 12.2. The molecule has 0 fully saturated rings. The predicted molar refractivity (Wildman–Crippen MR) is 90.9 cm³/mol. The standard InChI is InChI=1S/C16H16N4O3S/c1-10-5-6-12(11(2)8-10)23-9-14(21)19-20-15(17-18-16(20)24)13-4-3-7-22-13/h3-8H,9H2,1-2H3,(H,18,24)(H,19,21). The van der Waals surface area contributed by atoms with Crippen molar-refractivity contribution in [2.24, 2.45) is 0 Å². The van der Waals surface area contributed by atoms with E-state index in [1.165, 1.54) is 10.9 Å². The Morgan fingerprint density at radius 2 is 2.25 bits per heavy atom. The zero-order valence-electron chi connectivity index (χ0n) is 13.2. The molecule has 0 spiro atoms. The molecule has 3 aromatic rings. The largest absolute Gasteiger partial charge is 0.483 e. The van der Waals surface area contributed by atoms with E-state index in [2.05, 4.69) is 15.6 Å². The molecule has 7 nitrogen and oxygen atoms in total. The average molecular weight is 344 g/mol. The summed E-state index contributed by atoms with van der Waals surface area (Å²) in [4.78, 5) is 12.2. The van der Waals surface area contributed by atoms with Crippen LogP contribution < -0.4 is 10.2 Å². The molecule has 1 aromatic carbocycles. The van der Waals surface area contributed by atoms with E-state index in [0.717, 1.165) is 11.1 Å². The normalized spacial score (nSPS) is 10.6. The maximum absolute atomic E-state index is 12.2. The van der Waals surface area contributed by atoms with Gasteiger partial charge >= 0.3 is 0 Å². The molecule has 24 heavy (non-hydrogen) atoms. The van der Waals surface area contributed by atoms with Gasteiger partial charge in [0.15, 0.2) is 12.4 Å². The van der Waals surface area contributed by atoms with E-state index in [9.17, 15) is 4.79 Å². The van der Waals surface area contributed by atoms with Gasteiger partial charge in [0.2, 0.25) is 10.6 Å². The van der Waals surface area contributed by atoms with Crippen LogP contribution in [0, 0.1) is 18.6 Å². The van der Waals surface area contributed by atoms with Crippen LogP contribution in [0.15, 0.2) is 41.0 Å². The molecule has 0 bridgehead atoms. The summed E-state index contributed by atoms with van der Waals surface area (Å²) in [6, 6.07) is 9.22. The number of furan rings is 1. The SMILES string of the molecule is Cc1ccc(OCC(=O)Nn2c(-c3ccco3)n[nH]c2=S)c(C)c1. The summed E-state index contributed by atoms with van der Waals surface area (Å²) in [6.07, 6.45) is 1.52. The van der Waals surface area contributed by atoms with Gasteiger partial charge in [0.25, 0.3) is 5.91 Å². The molecule has 1 amide bonds. The third-order valence-electron chi connectivity index (χ3n) is 3.34. The first-order valence-electron chi connectivity index (χ1n) is 7.26. The highest BCUT2D eigenvalue weighted by Crippen LogP contribution is 2.19. The molecular formula is C16H16N4O3S. The van der Waals surface area contributed by atoms with Crippen LogP contribution in [0.1, 0.15) is 11.1 Å². The van der Waals surface area contributed by atoms with E-state index in [1.807, 2.05) is 32.0 Å². The van der Waals surface area contributed by atoms with Crippen molar-refractivity contribution in [2.75, 3.05) is 12.0 Å². The Bertz CT molecular complexity index is 912. The van der Waals surface area contributed by atoms with Crippen molar-refractivity contribution in [1.82, 2.24) is 14.9 Å². The number of H-pyrrole nitrogens is 1. The van der Waals surface area contributed by atoms with Crippen LogP contribution in [0.2, 0.25) is 0 Å². The van der Waals surface area contributed by atoms with Crippen LogP contribution in [0.25, 0.3) is 11.6 Å². The van der Waals surface area contributed by atoms with Crippen LogP contribution >= 0.6 is 12.2 Å². The molecular weight excluding hydrogens is 328 g/mol. The summed E-state index contributed by atoms with van der Waals surface area (Å²) >= 11 is 5.13. The molecule has 0 unspecified atom stereocenters. The molecule has 0 saturated carbocycles. The van der Waals surface area contributed by atoms with Gasteiger partial charge in [-0.05, 0) is 49.8 Å². The van der Waals surface area contributed by atoms with Gasteiger partial charge in [0, 0.05) is 0 Å². The molecule has 0 atom stereocenters. The molecule has 2 aromatic heterocycles. The Morgan fingerprint density at radius 3 is 2.96 bits per heavy atom. The van der Waals surface area contributed by atoms with Crippen molar-refractivity contribution >= 4 is 18.1 Å². The van der Waals surface area contributed by atoms with Gasteiger partial charge in [-0.15, -0.1) is 5.10 Å². The Kier molecular flexibility index (Phi) is 4.48. The number of rotatable bonds is 5. The number of carbonyl (C=O) groups is 1. The minimum absolute atomic E-state index is 0.144. The molecule has 8 heteroatoms. The lowest BCUT2D eigenvalue weighted by Crippen LogP contribution is -2.28. The molecule has 2 heterocycles. The number of nitrogens with zero attached hydrogens (tertiary/aromatic N) is 2. The van der Waals surface area contributed by atoms with E-state index in [4.69, 9.17) is 21.4 Å². The van der Waals surface area contributed by atoms with Gasteiger partial charge in [-0.2, -0.15) is 0 Å². The fraction of sp³-hybridized carbons (Fsp3) is 0.188. The van der Waals surface area contributed by atoms with Gasteiger partial charge in [-0.25, -0.2) is 9.77 Å². The first-order chi connectivity index (χ1) is 11.5. The Hall–Kier alpha value is -2.87. The molecule has 0 radical (unpaired) electrons. The summed E-state index contributed by atoms with van der Waals surface area (Å²) < 4.78 is 12.4. The van der Waals surface area contributed by atoms with Gasteiger partial charge < -0.3 is 9.15 Å². The fourth-order valence-electron chi connectivity index (χ4n) is 2.23. The van der Waals surface area contributed by atoms with E-state index >= 15 is 0 Å². The number of aromatic amines is 1. The monoisotopic (exact) mass is 344 g/mol. The summed E-state index contributed by atoms with van der Waals surface area (Å²) in [5, 5.41) is 6.67. The molecule has 0 aliphatic heterocycles. The third kappa shape index (κ3) is 3.38. The van der Waals surface area contributed by atoms with Crippen LogP contribution in [0.4, 0.5) is 0 Å². The summed E-state index contributed by atoms with van der Waals surface area (Å²) in [7, 11) is 0. The number of aromatic nitrogens is 3. The van der Waals surface area contributed by atoms with E-state index in [0.29, 0.717) is 17.3 Å². The zero-order chi connectivity index (χ0) is 17.1. The van der Waals surface area contributed by atoms with E-state index < -0.39 is 0 Å². The van der Waals surface area contributed by atoms with Crippen LogP contribution in [0.5, 0.6) is 5.75 Å². The summed E-state index contributed by atoms with van der Waals surface area (Å²) in [6.45, 7) is 3.79. The average Bonchev–Trinajstić information content (AvgIpc) is 3.17. The minimum atomic E-state index is -0.361. The Labute approximate surface area is 143 Å². The first-order valence-corrected chi connectivity index (χ1v) is 7.66. The lowest BCUT2D eigenvalue weighted by molar-refractivity contribution is -0.119. The third-order valence-corrected chi connectivity index (χ3v) is 3.61. The second-order valence-corrected chi connectivity index (χ2v) is 5.64. The maximum Gasteiger partial charge on any atom is 0.276 e. The number of aryl methyl sites for hydroxylation is 2. The van der Waals surface area contributed by atoms with E-state index in [1.54, 1.807) is 12.1 Å². The van der Waals surface area contributed by atoms with Crippen molar-refractivity contribution in [3.05, 3.63) is 52.5 Å². The number of hydrogen-bond acceptors (Lipinski definition) is 5. The first kappa shape index (κ1) is 16.0. The Balaban J connectivity index is 1.70. The molecule has 0 aliphatic rings. The van der Waals surface area contributed by atoms with Crippen LogP contribution in [-0.4, -0.2) is 27.4 Å². The van der Waals surface area contributed by atoms with Crippen molar-refractivity contribution < 1.29 is 13.9 Å². The molecule has 0 saturated heterocycles. The molecule has 3 rings (SSSR count). The lowest BCUT2D eigenvalue weighted by atomic mass is 10.1. The minimum Gasteiger partial charge on any atom is -0.483 e. The fourth-order valence-corrected chi connectivity index (χ4v) is 2.41. The lowest BCUT2D eigenvalue weighted by Gasteiger charge is -2.11. The molecule has 124 valence electrons. The summed E-state index contributed by atoms with van der Waals surface area (Å²) in [5.74, 6) is 1.17. The summed E-state index contributed by atoms with van der Waals surface area (Å²) in [5.41, 5.74) is 4.75. The topological polar surface area (TPSA) is 85.1 Å². The van der Waals surface area contributed by atoms with Crippen molar-refractivity contribution in [2.45, 2.75) is 13.8 Å². The highest BCUT2D eigenvalue weighted by atomic mass is 32.1. The predicted octanol–water partition coefficient (Wildman–Crippen LogP) is 2.97. The number of nitrogens with one attached hydrogen (secondary N) is 2. The van der Waals surface area contributed by atoms with Crippen LogP contribution in [0.3, 0.4) is 0 Å². The number of amides is 1. The highest BCUT2D eigenvalue weighted by molar-refractivity contribution is 7.71. The number of carbonyl (C=O) groups excluding carboxylic acids is 1. The number of benzene rings is 1. The van der Waals surface area contributed by atoms with Gasteiger partial charge in [-0.3, -0.25) is 10.2 Å².